The summed E-state index contributed by atoms with van der Waals surface area (Å²) in [6.07, 6.45) is 0.699. The zero-order chi connectivity index (χ0) is 18.9. The Bertz CT molecular complexity index is 734. The van der Waals surface area contributed by atoms with E-state index in [0.717, 1.165) is 5.56 Å². The summed E-state index contributed by atoms with van der Waals surface area (Å²) in [5.74, 6) is -0.159. The second-order valence-electron chi connectivity index (χ2n) is 6.10. The highest BCUT2D eigenvalue weighted by Crippen LogP contribution is 2.16. The molecule has 0 spiro atoms. The maximum atomic E-state index is 12.6. The molecule has 2 aromatic rings. The summed E-state index contributed by atoms with van der Waals surface area (Å²) in [5, 5.41) is 5.56. The predicted molar refractivity (Wildman–Crippen MR) is 103 cm³/mol. The van der Waals surface area contributed by atoms with Gasteiger partial charge in [-0.15, -0.1) is 0 Å². The minimum Gasteiger partial charge on any atom is -0.383 e. The van der Waals surface area contributed by atoms with Gasteiger partial charge in [-0.3, -0.25) is 4.79 Å². The standard InChI is InChI=1S/C20H25N3O3/c1-15(24)21-17-10-7-11-18(13-17)22-20(25)23(2)19(14-26-3)12-16-8-5-4-6-9-16/h4-11,13,19H,12,14H2,1-3H3,(H,21,24)(H,22,25)/t19-/m1/s1. The first-order valence-electron chi connectivity index (χ1n) is 8.44. The number of rotatable bonds is 7. The number of hydrogen-bond acceptors (Lipinski definition) is 3. The molecule has 0 saturated carbocycles. The summed E-state index contributed by atoms with van der Waals surface area (Å²) in [4.78, 5) is 25.4. The van der Waals surface area contributed by atoms with E-state index in [1.165, 1.54) is 6.92 Å². The van der Waals surface area contributed by atoms with E-state index in [1.807, 2.05) is 30.3 Å². The van der Waals surface area contributed by atoms with Crippen LogP contribution in [0.1, 0.15) is 12.5 Å². The van der Waals surface area contributed by atoms with Gasteiger partial charge in [0, 0.05) is 32.5 Å². The summed E-state index contributed by atoms with van der Waals surface area (Å²) >= 11 is 0. The topological polar surface area (TPSA) is 70.7 Å². The maximum Gasteiger partial charge on any atom is 0.321 e. The molecule has 0 aliphatic heterocycles. The van der Waals surface area contributed by atoms with Gasteiger partial charge in [0.05, 0.1) is 12.6 Å². The average Bonchev–Trinajstić information content (AvgIpc) is 2.61. The number of nitrogens with zero attached hydrogens (tertiary/aromatic N) is 1. The zero-order valence-electron chi connectivity index (χ0n) is 15.4. The molecule has 3 amide bonds. The van der Waals surface area contributed by atoms with Gasteiger partial charge in [0.25, 0.3) is 0 Å². The molecular formula is C20H25N3O3. The van der Waals surface area contributed by atoms with Crippen LogP contribution in [0.25, 0.3) is 0 Å². The monoisotopic (exact) mass is 355 g/mol. The molecule has 0 saturated heterocycles. The minimum atomic E-state index is -0.233. The molecule has 0 bridgehead atoms. The SMILES string of the molecule is COC[C@@H](Cc1ccccc1)N(C)C(=O)Nc1cccc(NC(C)=O)c1. The van der Waals surface area contributed by atoms with Crippen molar-refractivity contribution in [2.45, 2.75) is 19.4 Å². The first-order valence-corrected chi connectivity index (χ1v) is 8.44. The van der Waals surface area contributed by atoms with Crippen LogP contribution in [-0.4, -0.2) is 43.6 Å². The number of likely N-dealkylation sites (N-methyl/N-ethyl adjacent to an activating group) is 1. The van der Waals surface area contributed by atoms with E-state index in [2.05, 4.69) is 10.6 Å². The fraction of sp³-hybridized carbons (Fsp3) is 0.300. The van der Waals surface area contributed by atoms with Gasteiger partial charge in [0.15, 0.2) is 0 Å². The molecule has 1 atom stereocenters. The lowest BCUT2D eigenvalue weighted by Gasteiger charge is -2.28. The number of amides is 3. The Hall–Kier alpha value is -2.86. The van der Waals surface area contributed by atoms with Gasteiger partial charge in [0.1, 0.15) is 0 Å². The van der Waals surface area contributed by atoms with Gasteiger partial charge in [0.2, 0.25) is 5.91 Å². The molecule has 0 aliphatic rings. The Morgan fingerprint density at radius 3 is 2.31 bits per heavy atom. The molecule has 6 nitrogen and oxygen atoms in total. The smallest absolute Gasteiger partial charge is 0.321 e. The number of ether oxygens (including phenoxy) is 1. The van der Waals surface area contributed by atoms with Crippen LogP contribution in [0.4, 0.5) is 16.2 Å². The molecule has 0 fully saturated rings. The lowest BCUT2D eigenvalue weighted by atomic mass is 10.1. The van der Waals surface area contributed by atoms with Gasteiger partial charge >= 0.3 is 6.03 Å². The highest BCUT2D eigenvalue weighted by atomic mass is 16.5. The van der Waals surface area contributed by atoms with Gasteiger partial charge in [-0.25, -0.2) is 4.79 Å². The van der Waals surface area contributed by atoms with Crippen LogP contribution in [0.2, 0.25) is 0 Å². The van der Waals surface area contributed by atoms with E-state index in [0.29, 0.717) is 24.4 Å². The fourth-order valence-corrected chi connectivity index (χ4v) is 2.64. The summed E-state index contributed by atoms with van der Waals surface area (Å²) in [5.41, 5.74) is 2.39. The highest BCUT2D eigenvalue weighted by Gasteiger charge is 2.20. The summed E-state index contributed by atoms with van der Waals surface area (Å²) in [7, 11) is 3.38. The second kappa shape index (κ2) is 9.58. The number of carbonyl (C=O) groups is 2. The first kappa shape index (κ1) is 19.5. The van der Waals surface area contributed by atoms with E-state index < -0.39 is 0 Å². The Balaban J connectivity index is 2.05. The van der Waals surface area contributed by atoms with Crippen molar-refractivity contribution in [3.05, 3.63) is 60.2 Å². The molecule has 0 aliphatic carbocycles. The fourth-order valence-electron chi connectivity index (χ4n) is 2.64. The van der Waals surface area contributed by atoms with Crippen molar-refractivity contribution in [2.75, 3.05) is 31.4 Å². The summed E-state index contributed by atoms with van der Waals surface area (Å²) in [6, 6.07) is 16.7. The van der Waals surface area contributed by atoms with Crippen molar-refractivity contribution in [3.8, 4) is 0 Å². The Morgan fingerprint density at radius 1 is 1.04 bits per heavy atom. The molecule has 138 valence electrons. The van der Waals surface area contributed by atoms with Crippen molar-refractivity contribution in [1.29, 1.82) is 0 Å². The molecule has 0 unspecified atom stereocenters. The number of carbonyl (C=O) groups excluding carboxylic acids is 2. The molecule has 26 heavy (non-hydrogen) atoms. The summed E-state index contributed by atoms with van der Waals surface area (Å²) < 4.78 is 5.29. The van der Waals surface area contributed by atoms with Gasteiger partial charge in [-0.1, -0.05) is 36.4 Å². The molecule has 2 N–H and O–H groups in total. The lowest BCUT2D eigenvalue weighted by molar-refractivity contribution is -0.114. The van der Waals surface area contributed by atoms with Gasteiger partial charge in [-0.2, -0.15) is 0 Å². The molecule has 6 heteroatoms. The number of nitrogens with one attached hydrogen (secondary N) is 2. The Labute approximate surface area is 154 Å². The van der Waals surface area contributed by atoms with Crippen LogP contribution in [0.5, 0.6) is 0 Å². The van der Waals surface area contributed by atoms with Crippen LogP contribution in [-0.2, 0) is 16.0 Å². The Kier molecular flexibility index (Phi) is 7.17. The third-order valence-corrected chi connectivity index (χ3v) is 3.98. The second-order valence-corrected chi connectivity index (χ2v) is 6.10. The lowest BCUT2D eigenvalue weighted by Crippen LogP contribution is -2.43. The third kappa shape index (κ3) is 5.89. The summed E-state index contributed by atoms with van der Waals surface area (Å²) in [6.45, 7) is 1.88. The molecule has 0 aromatic heterocycles. The molecule has 2 rings (SSSR count). The average molecular weight is 355 g/mol. The van der Waals surface area contributed by atoms with E-state index in [9.17, 15) is 9.59 Å². The van der Waals surface area contributed by atoms with Crippen molar-refractivity contribution in [1.82, 2.24) is 4.90 Å². The first-order chi connectivity index (χ1) is 12.5. The predicted octanol–water partition coefficient (Wildman–Crippen LogP) is 3.37. The molecule has 2 aromatic carbocycles. The maximum absolute atomic E-state index is 12.6. The number of anilines is 2. The molecule has 0 heterocycles. The Morgan fingerprint density at radius 2 is 1.69 bits per heavy atom. The van der Waals surface area contributed by atoms with Crippen LogP contribution in [0.15, 0.2) is 54.6 Å². The van der Waals surface area contributed by atoms with Crippen molar-refractivity contribution in [3.63, 3.8) is 0 Å². The van der Waals surface area contributed by atoms with E-state index in [1.54, 1.807) is 43.3 Å². The normalized spacial score (nSPS) is 11.5. The third-order valence-electron chi connectivity index (χ3n) is 3.98. The highest BCUT2D eigenvalue weighted by molar-refractivity contribution is 5.92. The number of urea groups is 1. The number of methoxy groups -OCH3 is 1. The van der Waals surface area contributed by atoms with Crippen LogP contribution >= 0.6 is 0 Å². The van der Waals surface area contributed by atoms with Gasteiger partial charge < -0.3 is 20.3 Å². The van der Waals surface area contributed by atoms with Crippen LogP contribution in [0.3, 0.4) is 0 Å². The van der Waals surface area contributed by atoms with Crippen molar-refractivity contribution >= 4 is 23.3 Å². The van der Waals surface area contributed by atoms with Crippen molar-refractivity contribution in [2.24, 2.45) is 0 Å². The van der Waals surface area contributed by atoms with Crippen LogP contribution in [0, 0.1) is 0 Å². The largest absolute Gasteiger partial charge is 0.383 e. The van der Waals surface area contributed by atoms with Crippen molar-refractivity contribution < 1.29 is 14.3 Å². The van der Waals surface area contributed by atoms with E-state index in [4.69, 9.17) is 4.74 Å². The minimum absolute atomic E-state index is 0.0964. The van der Waals surface area contributed by atoms with E-state index >= 15 is 0 Å². The van der Waals surface area contributed by atoms with Crippen LogP contribution < -0.4 is 10.6 Å². The molecule has 0 radical (unpaired) electrons. The number of benzene rings is 2. The zero-order valence-corrected chi connectivity index (χ0v) is 15.4. The number of hydrogen-bond donors (Lipinski definition) is 2. The quantitative estimate of drug-likeness (QED) is 0.800. The van der Waals surface area contributed by atoms with E-state index in [-0.39, 0.29) is 18.0 Å². The molecular weight excluding hydrogens is 330 g/mol. The van der Waals surface area contributed by atoms with Gasteiger partial charge in [-0.05, 0) is 30.2 Å².